The minimum absolute atomic E-state index is 0.0166. The Hall–Kier alpha value is -2.39. The Bertz CT molecular complexity index is 1160. The van der Waals surface area contributed by atoms with Crippen molar-refractivity contribution in [3.05, 3.63) is 40.9 Å². The lowest BCUT2D eigenvalue weighted by molar-refractivity contribution is 0.600. The Morgan fingerprint density at radius 3 is 2.74 bits per heavy atom. The molecule has 0 spiro atoms. The molecule has 0 unspecified atom stereocenters. The zero-order valence-corrected chi connectivity index (χ0v) is 16.2. The number of anilines is 3. The van der Waals surface area contributed by atoms with Gasteiger partial charge >= 0.3 is 0 Å². The fraction of sp³-hybridized carbons (Fsp3) is 0.294. The van der Waals surface area contributed by atoms with E-state index in [9.17, 15) is 12.8 Å². The molecule has 2 N–H and O–H groups in total. The molecule has 0 atom stereocenters. The second-order valence-corrected chi connectivity index (χ2v) is 8.97. The molecule has 2 heterocycles. The molecule has 1 fully saturated rings. The van der Waals surface area contributed by atoms with Crippen LogP contribution < -0.4 is 10.0 Å². The van der Waals surface area contributed by atoms with Crippen LogP contribution in [0.5, 0.6) is 0 Å². The Labute approximate surface area is 160 Å². The maximum atomic E-state index is 14.3. The highest BCUT2D eigenvalue weighted by molar-refractivity contribution is 7.93. The number of rotatable bonds is 5. The first kappa shape index (κ1) is 18.0. The van der Waals surface area contributed by atoms with E-state index in [2.05, 4.69) is 20.0 Å². The van der Waals surface area contributed by atoms with Crippen LogP contribution in [0.25, 0.3) is 11.2 Å². The van der Waals surface area contributed by atoms with E-state index >= 15 is 0 Å². The fourth-order valence-corrected chi connectivity index (χ4v) is 4.35. The smallest absolute Gasteiger partial charge is 0.236 e. The lowest BCUT2D eigenvalue weighted by Gasteiger charge is -2.16. The quantitative estimate of drug-likeness (QED) is 0.670. The van der Waals surface area contributed by atoms with Crippen LogP contribution in [0.2, 0.25) is 5.02 Å². The molecular formula is C17H17ClFN5O2S. The lowest BCUT2D eigenvalue weighted by Crippen LogP contribution is -2.19. The summed E-state index contributed by atoms with van der Waals surface area (Å²) in [4.78, 5) is 8.57. The van der Waals surface area contributed by atoms with Crippen LogP contribution in [0, 0.1) is 12.7 Å². The molecule has 142 valence electrons. The molecule has 0 aliphatic heterocycles. The van der Waals surface area contributed by atoms with Gasteiger partial charge in [-0.05, 0) is 37.5 Å². The number of nitrogens with one attached hydrogen (secondary N) is 2. The number of pyridine rings is 1. The van der Waals surface area contributed by atoms with Crippen molar-refractivity contribution in [2.24, 2.45) is 7.05 Å². The molecule has 2 aromatic heterocycles. The number of imidazole rings is 1. The summed E-state index contributed by atoms with van der Waals surface area (Å²) in [7, 11) is -1.86. The molecule has 0 saturated heterocycles. The van der Waals surface area contributed by atoms with Crippen molar-refractivity contribution in [2.75, 3.05) is 10.0 Å². The second-order valence-electron chi connectivity index (χ2n) is 6.63. The Morgan fingerprint density at radius 2 is 2.07 bits per heavy atom. The molecule has 7 nitrogen and oxygen atoms in total. The first-order valence-corrected chi connectivity index (χ1v) is 10.2. The molecule has 0 amide bonds. The summed E-state index contributed by atoms with van der Waals surface area (Å²) in [5.41, 5.74) is 1.89. The predicted octanol–water partition coefficient (Wildman–Crippen LogP) is 3.72. The van der Waals surface area contributed by atoms with Crippen LogP contribution in [0.1, 0.15) is 18.4 Å². The Balaban J connectivity index is 1.85. The number of nitrogens with zero attached hydrogens (tertiary/aromatic N) is 3. The number of aryl methyl sites for hydroxylation is 2. The largest absolute Gasteiger partial charge is 0.349 e. The topological polar surface area (TPSA) is 88.9 Å². The summed E-state index contributed by atoms with van der Waals surface area (Å²) in [6, 6.07) is 4.67. The average molecular weight is 410 g/mol. The predicted molar refractivity (Wildman–Crippen MR) is 104 cm³/mol. The van der Waals surface area contributed by atoms with Crippen LogP contribution in [-0.2, 0) is 17.1 Å². The molecule has 1 aliphatic carbocycles. The first-order valence-electron chi connectivity index (χ1n) is 8.31. The molecule has 1 aliphatic rings. The highest BCUT2D eigenvalue weighted by Crippen LogP contribution is 2.39. The highest BCUT2D eigenvalue weighted by atomic mass is 35.5. The van der Waals surface area contributed by atoms with Crippen molar-refractivity contribution < 1.29 is 12.8 Å². The summed E-state index contributed by atoms with van der Waals surface area (Å²) in [6.45, 7) is 1.77. The van der Waals surface area contributed by atoms with Crippen molar-refractivity contribution in [1.82, 2.24) is 14.5 Å². The number of hydrogen-bond donors (Lipinski definition) is 2. The zero-order chi connectivity index (χ0) is 19.3. The highest BCUT2D eigenvalue weighted by Gasteiger charge is 2.37. The van der Waals surface area contributed by atoms with Gasteiger partial charge in [-0.3, -0.25) is 4.72 Å². The maximum absolute atomic E-state index is 14.3. The van der Waals surface area contributed by atoms with Gasteiger partial charge in [0.15, 0.2) is 11.5 Å². The van der Waals surface area contributed by atoms with Gasteiger partial charge in [-0.2, -0.15) is 0 Å². The van der Waals surface area contributed by atoms with Crippen molar-refractivity contribution in [2.45, 2.75) is 25.0 Å². The van der Waals surface area contributed by atoms with Gasteiger partial charge in [-0.25, -0.2) is 22.8 Å². The van der Waals surface area contributed by atoms with Gasteiger partial charge in [0.25, 0.3) is 0 Å². The molecule has 1 saturated carbocycles. The molecule has 1 aromatic carbocycles. The molecule has 0 radical (unpaired) electrons. The molecule has 4 rings (SSSR count). The van der Waals surface area contributed by atoms with Gasteiger partial charge < -0.3 is 9.88 Å². The second kappa shape index (κ2) is 6.35. The monoisotopic (exact) mass is 409 g/mol. The van der Waals surface area contributed by atoms with Gasteiger partial charge in [0.2, 0.25) is 10.0 Å². The van der Waals surface area contributed by atoms with Gasteiger partial charge in [0.05, 0.1) is 22.3 Å². The summed E-state index contributed by atoms with van der Waals surface area (Å²) in [6.07, 6.45) is 2.73. The third kappa shape index (κ3) is 3.32. The van der Waals surface area contributed by atoms with E-state index in [1.165, 1.54) is 12.4 Å². The van der Waals surface area contributed by atoms with Crippen LogP contribution in [-0.4, -0.2) is 28.2 Å². The summed E-state index contributed by atoms with van der Waals surface area (Å²) in [5, 5.41) is 2.59. The molecule has 0 bridgehead atoms. The van der Waals surface area contributed by atoms with E-state index in [1.54, 1.807) is 30.7 Å². The normalized spacial score (nSPS) is 14.5. The van der Waals surface area contributed by atoms with Crippen molar-refractivity contribution in [1.29, 1.82) is 0 Å². The van der Waals surface area contributed by atoms with Crippen molar-refractivity contribution >= 4 is 50.0 Å². The van der Waals surface area contributed by atoms with Crippen LogP contribution in [0.4, 0.5) is 21.6 Å². The van der Waals surface area contributed by atoms with E-state index in [-0.39, 0.29) is 22.2 Å². The van der Waals surface area contributed by atoms with E-state index in [4.69, 9.17) is 11.6 Å². The molecular weight excluding hydrogens is 393 g/mol. The van der Waals surface area contributed by atoms with E-state index in [0.717, 1.165) is 5.56 Å². The average Bonchev–Trinajstić information content (AvgIpc) is 3.39. The van der Waals surface area contributed by atoms with Gasteiger partial charge in [0.1, 0.15) is 17.0 Å². The standard InChI is InChI=1S/C17H17ClFN5O2S/c1-9-3-6-12(11(19)7-9)21-14-13(18)15-17(24(2)8-20-15)22-16(14)23-27(25,26)10-4-5-10/h3,6-8,10,21H,4-5H2,1-2H3,(H,22,23). The van der Waals surface area contributed by atoms with Crippen LogP contribution in [0.3, 0.4) is 0 Å². The maximum Gasteiger partial charge on any atom is 0.236 e. The number of sulfonamides is 1. The SMILES string of the molecule is Cc1ccc(Nc2c(NS(=O)(=O)C3CC3)nc3c(ncn3C)c2Cl)c(F)c1. The third-order valence-electron chi connectivity index (χ3n) is 4.37. The Morgan fingerprint density at radius 1 is 1.33 bits per heavy atom. The van der Waals surface area contributed by atoms with Gasteiger partial charge in [-0.1, -0.05) is 17.7 Å². The minimum atomic E-state index is -3.59. The first-order chi connectivity index (χ1) is 12.8. The molecule has 10 heteroatoms. The lowest BCUT2D eigenvalue weighted by atomic mass is 10.2. The molecule has 3 aromatic rings. The van der Waals surface area contributed by atoms with E-state index in [1.807, 2.05) is 0 Å². The van der Waals surface area contributed by atoms with Gasteiger partial charge in [0, 0.05) is 7.05 Å². The summed E-state index contributed by atoms with van der Waals surface area (Å²) in [5.74, 6) is -0.467. The van der Waals surface area contributed by atoms with Gasteiger partial charge in [-0.15, -0.1) is 0 Å². The van der Waals surface area contributed by atoms with E-state index < -0.39 is 21.1 Å². The van der Waals surface area contributed by atoms with Crippen molar-refractivity contribution in [3.8, 4) is 0 Å². The fourth-order valence-electron chi connectivity index (χ4n) is 2.74. The number of benzene rings is 1. The van der Waals surface area contributed by atoms with Crippen LogP contribution >= 0.6 is 11.6 Å². The summed E-state index contributed by atoms with van der Waals surface area (Å²) < 4.78 is 43.3. The number of hydrogen-bond acceptors (Lipinski definition) is 5. The molecule has 27 heavy (non-hydrogen) atoms. The number of aromatic nitrogens is 3. The Kier molecular flexibility index (Phi) is 4.23. The third-order valence-corrected chi connectivity index (χ3v) is 6.57. The minimum Gasteiger partial charge on any atom is -0.349 e. The zero-order valence-electron chi connectivity index (χ0n) is 14.6. The summed E-state index contributed by atoms with van der Waals surface area (Å²) >= 11 is 6.48. The van der Waals surface area contributed by atoms with E-state index in [0.29, 0.717) is 24.0 Å². The van der Waals surface area contributed by atoms with Crippen LogP contribution in [0.15, 0.2) is 24.5 Å². The van der Waals surface area contributed by atoms with Crippen molar-refractivity contribution in [3.63, 3.8) is 0 Å². The number of halogens is 2. The number of fused-ring (bicyclic) bond motifs is 1.